The average Bonchev–Trinajstić information content (AvgIpc) is 2.96. The zero-order valence-electron chi connectivity index (χ0n) is 11.5. The molecule has 2 aromatic carbocycles. The van der Waals surface area contributed by atoms with Crippen LogP contribution < -0.4 is 20.5 Å². The molecule has 1 aliphatic heterocycles. The van der Waals surface area contributed by atoms with Crippen LogP contribution in [0.2, 0.25) is 0 Å². The fourth-order valence-electron chi connectivity index (χ4n) is 2.17. The fourth-order valence-corrected chi connectivity index (χ4v) is 2.17. The molecule has 0 bridgehead atoms. The van der Waals surface area contributed by atoms with Gasteiger partial charge in [0.1, 0.15) is 0 Å². The number of ether oxygens (including phenoxy) is 2. The zero-order valence-corrected chi connectivity index (χ0v) is 11.5. The van der Waals surface area contributed by atoms with E-state index >= 15 is 0 Å². The Kier molecular flexibility index (Phi) is 3.75. The van der Waals surface area contributed by atoms with Crippen molar-refractivity contribution in [1.82, 2.24) is 0 Å². The highest BCUT2D eigenvalue weighted by Gasteiger charge is 2.14. The minimum atomic E-state index is -0.159. The predicted octanol–water partition coefficient (Wildman–Crippen LogP) is 2.17. The van der Waals surface area contributed by atoms with Gasteiger partial charge in [-0.15, -0.1) is 0 Å². The summed E-state index contributed by atoms with van der Waals surface area (Å²) in [4.78, 5) is 12.2. The van der Waals surface area contributed by atoms with Gasteiger partial charge >= 0.3 is 0 Å². The maximum absolute atomic E-state index is 12.2. The van der Waals surface area contributed by atoms with Crippen LogP contribution in [0.15, 0.2) is 42.5 Å². The first kappa shape index (κ1) is 13.5. The van der Waals surface area contributed by atoms with Gasteiger partial charge in [0.2, 0.25) is 6.79 Å². The van der Waals surface area contributed by atoms with Gasteiger partial charge < -0.3 is 20.5 Å². The summed E-state index contributed by atoms with van der Waals surface area (Å²) in [6, 6.07) is 12.8. The number of hydrogen-bond acceptors (Lipinski definition) is 4. The molecule has 0 unspecified atom stereocenters. The number of nitrogens with two attached hydrogens (primary N) is 1. The summed E-state index contributed by atoms with van der Waals surface area (Å²) in [5, 5.41) is 2.84. The van der Waals surface area contributed by atoms with Gasteiger partial charge in [-0.2, -0.15) is 0 Å². The number of fused-ring (bicyclic) bond motifs is 1. The van der Waals surface area contributed by atoms with Gasteiger partial charge in [-0.1, -0.05) is 12.1 Å². The third-order valence-electron chi connectivity index (χ3n) is 3.28. The molecule has 0 radical (unpaired) electrons. The van der Waals surface area contributed by atoms with Gasteiger partial charge in [0, 0.05) is 17.3 Å². The van der Waals surface area contributed by atoms with Crippen LogP contribution in [-0.2, 0) is 6.42 Å². The number of carbonyl (C=O) groups is 1. The van der Waals surface area contributed by atoms with Crippen LogP contribution in [-0.4, -0.2) is 19.2 Å². The molecule has 0 spiro atoms. The Hall–Kier alpha value is -2.53. The summed E-state index contributed by atoms with van der Waals surface area (Å²) in [5.74, 6) is 1.18. The molecule has 3 N–H and O–H groups in total. The van der Waals surface area contributed by atoms with Crippen molar-refractivity contribution in [1.29, 1.82) is 0 Å². The van der Waals surface area contributed by atoms with Gasteiger partial charge in [0.15, 0.2) is 11.5 Å². The van der Waals surface area contributed by atoms with E-state index in [1.807, 2.05) is 12.1 Å². The molecule has 0 saturated heterocycles. The lowest BCUT2D eigenvalue weighted by Gasteiger charge is -2.07. The quantitative estimate of drug-likeness (QED) is 0.902. The number of carbonyl (C=O) groups excluding carboxylic acids is 1. The third kappa shape index (κ3) is 2.98. The molecule has 0 aliphatic carbocycles. The monoisotopic (exact) mass is 284 g/mol. The second-order valence-electron chi connectivity index (χ2n) is 4.76. The Bertz CT molecular complexity index is 653. The summed E-state index contributed by atoms with van der Waals surface area (Å²) in [6.45, 7) is 0.818. The van der Waals surface area contributed by atoms with Gasteiger partial charge in [-0.3, -0.25) is 4.79 Å². The number of amides is 1. The van der Waals surface area contributed by atoms with Crippen molar-refractivity contribution in [3.63, 3.8) is 0 Å². The van der Waals surface area contributed by atoms with Crippen LogP contribution in [0.4, 0.5) is 5.69 Å². The van der Waals surface area contributed by atoms with Crippen LogP contribution in [0.3, 0.4) is 0 Å². The Morgan fingerprint density at radius 3 is 2.62 bits per heavy atom. The average molecular weight is 284 g/mol. The molecular weight excluding hydrogens is 268 g/mol. The van der Waals surface area contributed by atoms with Crippen LogP contribution in [0.5, 0.6) is 11.5 Å². The maximum atomic E-state index is 12.2. The lowest BCUT2D eigenvalue weighted by molar-refractivity contribution is 0.102. The Morgan fingerprint density at radius 2 is 1.86 bits per heavy atom. The highest BCUT2D eigenvalue weighted by molar-refractivity contribution is 6.04. The minimum absolute atomic E-state index is 0.159. The van der Waals surface area contributed by atoms with E-state index in [-0.39, 0.29) is 12.7 Å². The molecule has 1 amide bonds. The van der Waals surface area contributed by atoms with E-state index in [9.17, 15) is 4.79 Å². The van der Waals surface area contributed by atoms with Gasteiger partial charge in [0.25, 0.3) is 5.91 Å². The lowest BCUT2D eigenvalue weighted by Crippen LogP contribution is -2.12. The summed E-state index contributed by atoms with van der Waals surface area (Å²) in [7, 11) is 0. The zero-order chi connectivity index (χ0) is 14.7. The van der Waals surface area contributed by atoms with E-state index in [4.69, 9.17) is 15.2 Å². The highest BCUT2D eigenvalue weighted by atomic mass is 16.7. The number of hydrogen-bond donors (Lipinski definition) is 2. The van der Waals surface area contributed by atoms with E-state index < -0.39 is 0 Å². The van der Waals surface area contributed by atoms with Gasteiger partial charge in [0.05, 0.1) is 0 Å². The molecule has 5 heteroatoms. The Labute approximate surface area is 122 Å². The smallest absolute Gasteiger partial charge is 0.255 e. The molecule has 21 heavy (non-hydrogen) atoms. The van der Waals surface area contributed by atoms with Crippen molar-refractivity contribution < 1.29 is 14.3 Å². The second-order valence-corrected chi connectivity index (χ2v) is 4.76. The van der Waals surface area contributed by atoms with E-state index in [1.54, 1.807) is 30.3 Å². The van der Waals surface area contributed by atoms with Gasteiger partial charge in [-0.05, 0) is 42.8 Å². The molecule has 2 aromatic rings. The Balaban J connectivity index is 1.71. The summed E-state index contributed by atoms with van der Waals surface area (Å²) in [5.41, 5.74) is 7.91. The topological polar surface area (TPSA) is 73.6 Å². The number of benzene rings is 2. The first-order valence-electron chi connectivity index (χ1n) is 6.76. The summed E-state index contributed by atoms with van der Waals surface area (Å²) >= 11 is 0. The largest absolute Gasteiger partial charge is 0.454 e. The molecule has 0 aromatic heterocycles. The van der Waals surface area contributed by atoms with Crippen LogP contribution >= 0.6 is 0 Å². The predicted molar refractivity (Wildman–Crippen MR) is 79.7 cm³/mol. The molecule has 0 saturated carbocycles. The molecule has 0 atom stereocenters. The van der Waals surface area contributed by atoms with E-state index in [0.29, 0.717) is 29.3 Å². The standard InChI is InChI=1S/C16H16N2O3/c17-8-7-11-1-3-12(4-2-11)16(19)18-13-5-6-14-15(9-13)21-10-20-14/h1-6,9H,7-8,10,17H2,(H,18,19). The van der Waals surface area contributed by atoms with Crippen LogP contribution in [0.25, 0.3) is 0 Å². The molecule has 5 nitrogen and oxygen atoms in total. The molecule has 108 valence electrons. The normalized spacial score (nSPS) is 12.2. The van der Waals surface area contributed by atoms with Crippen molar-refractivity contribution in [2.45, 2.75) is 6.42 Å². The highest BCUT2D eigenvalue weighted by Crippen LogP contribution is 2.34. The second kappa shape index (κ2) is 5.85. The number of rotatable bonds is 4. The molecule has 1 aliphatic rings. The first-order chi connectivity index (χ1) is 10.3. The number of anilines is 1. The van der Waals surface area contributed by atoms with Crippen LogP contribution in [0, 0.1) is 0 Å². The molecule has 3 rings (SSSR count). The van der Waals surface area contributed by atoms with Crippen molar-refractivity contribution in [3.05, 3.63) is 53.6 Å². The molecule has 0 fully saturated rings. The maximum Gasteiger partial charge on any atom is 0.255 e. The van der Waals surface area contributed by atoms with E-state index in [0.717, 1.165) is 12.0 Å². The van der Waals surface area contributed by atoms with Gasteiger partial charge in [-0.25, -0.2) is 0 Å². The summed E-state index contributed by atoms with van der Waals surface area (Å²) < 4.78 is 10.5. The molecule has 1 heterocycles. The fraction of sp³-hybridized carbons (Fsp3) is 0.188. The minimum Gasteiger partial charge on any atom is -0.454 e. The SMILES string of the molecule is NCCc1ccc(C(=O)Nc2ccc3c(c2)OCO3)cc1. The lowest BCUT2D eigenvalue weighted by atomic mass is 10.1. The van der Waals surface area contributed by atoms with Crippen LogP contribution in [0.1, 0.15) is 15.9 Å². The first-order valence-corrected chi connectivity index (χ1v) is 6.76. The molecular formula is C16H16N2O3. The van der Waals surface area contributed by atoms with Crippen molar-refractivity contribution in [3.8, 4) is 11.5 Å². The third-order valence-corrected chi connectivity index (χ3v) is 3.28. The van der Waals surface area contributed by atoms with E-state index in [1.165, 1.54) is 0 Å². The summed E-state index contributed by atoms with van der Waals surface area (Å²) in [6.07, 6.45) is 0.810. The van der Waals surface area contributed by atoms with Crippen molar-refractivity contribution in [2.24, 2.45) is 5.73 Å². The van der Waals surface area contributed by atoms with Crippen molar-refractivity contribution >= 4 is 11.6 Å². The number of nitrogens with one attached hydrogen (secondary N) is 1. The van der Waals surface area contributed by atoms with E-state index in [2.05, 4.69) is 5.32 Å². The van der Waals surface area contributed by atoms with Crippen molar-refractivity contribution in [2.75, 3.05) is 18.7 Å². The Morgan fingerprint density at radius 1 is 1.10 bits per heavy atom.